The maximum Gasteiger partial charge on any atom is 0.174 e. The number of halogens is 1. The topological polar surface area (TPSA) is 56.1 Å². The third-order valence-corrected chi connectivity index (χ3v) is 5.50. The molecular weight excluding hydrogens is 338 g/mol. The molecule has 7 heteroatoms. The van der Waals surface area contributed by atoms with E-state index in [1.165, 1.54) is 13.0 Å². The van der Waals surface area contributed by atoms with E-state index in [1.54, 1.807) is 6.20 Å². The molecule has 0 spiro atoms. The summed E-state index contributed by atoms with van der Waals surface area (Å²) in [5, 5.41) is 5.18. The second kappa shape index (κ2) is 7.40. The van der Waals surface area contributed by atoms with Crippen LogP contribution >= 0.6 is 11.6 Å². The molecule has 1 unspecified atom stereocenters. The number of nitrogens with zero attached hydrogens (tertiary/aromatic N) is 5. The van der Waals surface area contributed by atoms with E-state index in [9.17, 15) is 0 Å². The summed E-state index contributed by atoms with van der Waals surface area (Å²) in [7, 11) is 0. The minimum absolute atomic E-state index is 0.357. The lowest BCUT2D eigenvalue weighted by Crippen LogP contribution is -2.45. The van der Waals surface area contributed by atoms with Gasteiger partial charge in [0.2, 0.25) is 0 Å². The normalized spacial score (nSPS) is 23.0. The molecule has 25 heavy (non-hydrogen) atoms. The number of ether oxygens (including phenoxy) is 1. The van der Waals surface area contributed by atoms with Gasteiger partial charge in [-0.2, -0.15) is 4.68 Å². The number of aryl methyl sites for hydroxylation is 1. The maximum atomic E-state index is 6.35. The number of piperidine rings is 1. The largest absolute Gasteiger partial charge is 0.381 e. The van der Waals surface area contributed by atoms with Crippen molar-refractivity contribution < 1.29 is 4.74 Å². The summed E-state index contributed by atoms with van der Waals surface area (Å²) in [6, 6.07) is 4.32. The zero-order chi connectivity index (χ0) is 17.2. The van der Waals surface area contributed by atoms with Crippen molar-refractivity contribution in [2.75, 3.05) is 26.3 Å². The van der Waals surface area contributed by atoms with Gasteiger partial charge in [-0.25, -0.2) is 9.97 Å². The molecule has 0 bridgehead atoms. The Morgan fingerprint density at radius 1 is 1.24 bits per heavy atom. The van der Waals surface area contributed by atoms with Crippen LogP contribution in [0.25, 0.3) is 5.82 Å². The summed E-state index contributed by atoms with van der Waals surface area (Å²) in [4.78, 5) is 11.8. The van der Waals surface area contributed by atoms with Crippen LogP contribution in [0.5, 0.6) is 0 Å². The van der Waals surface area contributed by atoms with Crippen LogP contribution in [-0.4, -0.2) is 57.0 Å². The minimum Gasteiger partial charge on any atom is -0.381 e. The van der Waals surface area contributed by atoms with Crippen molar-refractivity contribution in [1.82, 2.24) is 24.6 Å². The molecule has 4 heterocycles. The molecule has 6 nitrogen and oxygen atoms in total. The van der Waals surface area contributed by atoms with E-state index in [4.69, 9.17) is 21.3 Å². The summed E-state index contributed by atoms with van der Waals surface area (Å²) in [6.45, 7) is 5.87. The van der Waals surface area contributed by atoms with E-state index in [1.807, 2.05) is 23.7 Å². The molecule has 134 valence electrons. The van der Waals surface area contributed by atoms with E-state index in [-0.39, 0.29) is 0 Å². The molecule has 0 radical (unpaired) electrons. The molecule has 0 aliphatic carbocycles. The van der Waals surface area contributed by atoms with Crippen LogP contribution in [0.15, 0.2) is 18.3 Å². The average molecular weight is 362 g/mol. The Labute approximate surface area is 153 Å². The highest BCUT2D eigenvalue weighted by Crippen LogP contribution is 2.31. The summed E-state index contributed by atoms with van der Waals surface area (Å²) in [6.07, 6.45) is 6.32. The van der Waals surface area contributed by atoms with E-state index in [0.717, 1.165) is 50.7 Å². The van der Waals surface area contributed by atoms with Gasteiger partial charge in [0.05, 0.1) is 5.02 Å². The number of rotatable bonds is 3. The second-order valence-corrected chi connectivity index (χ2v) is 7.32. The fourth-order valence-corrected chi connectivity index (χ4v) is 4.19. The number of likely N-dealkylation sites (tertiary alicyclic amines) is 1. The van der Waals surface area contributed by atoms with Crippen LogP contribution in [-0.2, 0) is 4.74 Å². The first-order valence-corrected chi connectivity index (χ1v) is 9.46. The lowest BCUT2D eigenvalue weighted by molar-refractivity contribution is 0.0234. The highest BCUT2D eigenvalue weighted by molar-refractivity contribution is 6.32. The molecule has 0 N–H and O–H groups in total. The summed E-state index contributed by atoms with van der Waals surface area (Å²) in [5.74, 6) is 2.77. The van der Waals surface area contributed by atoms with Gasteiger partial charge in [-0.3, -0.25) is 4.90 Å². The Morgan fingerprint density at radius 3 is 2.88 bits per heavy atom. The van der Waals surface area contributed by atoms with Crippen LogP contribution < -0.4 is 0 Å². The molecule has 2 aromatic heterocycles. The monoisotopic (exact) mass is 361 g/mol. The first kappa shape index (κ1) is 16.9. The summed E-state index contributed by atoms with van der Waals surface area (Å²) in [5.41, 5.74) is 0. The second-order valence-electron chi connectivity index (χ2n) is 6.92. The number of aromatic nitrogens is 4. The Kier molecular flexibility index (Phi) is 5.01. The van der Waals surface area contributed by atoms with Crippen LogP contribution in [0, 0.1) is 6.92 Å². The van der Waals surface area contributed by atoms with Crippen molar-refractivity contribution in [3.8, 4) is 5.82 Å². The van der Waals surface area contributed by atoms with Crippen molar-refractivity contribution in [2.24, 2.45) is 0 Å². The van der Waals surface area contributed by atoms with Crippen molar-refractivity contribution in [3.05, 3.63) is 35.0 Å². The molecule has 1 atom stereocenters. The van der Waals surface area contributed by atoms with Crippen LogP contribution in [0.4, 0.5) is 0 Å². The van der Waals surface area contributed by atoms with Crippen LogP contribution in [0.1, 0.15) is 43.3 Å². The van der Waals surface area contributed by atoms with E-state index in [2.05, 4.69) is 15.0 Å². The standard InChI is InChI=1S/C18H24ClN5O/c1-13-21-17(24(22-13)18-16(19)5-2-8-20-18)14-4-3-9-23(12-14)15-6-10-25-11-7-15/h2,5,8,14-15H,3-4,6-7,9-12H2,1H3. The number of pyridine rings is 1. The van der Waals surface area contributed by atoms with E-state index >= 15 is 0 Å². The van der Waals surface area contributed by atoms with Crippen LogP contribution in [0.2, 0.25) is 5.02 Å². The smallest absolute Gasteiger partial charge is 0.174 e. The maximum absolute atomic E-state index is 6.35. The number of hydrogen-bond acceptors (Lipinski definition) is 5. The van der Waals surface area contributed by atoms with Gasteiger partial charge >= 0.3 is 0 Å². The SMILES string of the molecule is Cc1nc(C2CCCN(C3CCOCC3)C2)n(-c2ncccc2Cl)n1. The third kappa shape index (κ3) is 3.57. The third-order valence-electron chi connectivity index (χ3n) is 5.20. The molecule has 2 aliphatic heterocycles. The van der Waals surface area contributed by atoms with Gasteiger partial charge in [0.1, 0.15) is 11.6 Å². The van der Waals surface area contributed by atoms with Crippen molar-refractivity contribution in [2.45, 2.75) is 44.6 Å². The zero-order valence-corrected chi connectivity index (χ0v) is 15.3. The van der Waals surface area contributed by atoms with Crippen LogP contribution in [0.3, 0.4) is 0 Å². The quantitative estimate of drug-likeness (QED) is 0.841. The van der Waals surface area contributed by atoms with Gasteiger partial charge in [0, 0.05) is 37.9 Å². The Balaban J connectivity index is 1.60. The molecule has 2 aliphatic rings. The van der Waals surface area contributed by atoms with Gasteiger partial charge in [-0.15, -0.1) is 5.10 Å². The average Bonchev–Trinajstić information content (AvgIpc) is 3.04. The first-order chi connectivity index (χ1) is 12.2. The predicted octanol–water partition coefficient (Wildman–Crippen LogP) is 2.98. The molecule has 2 aromatic rings. The van der Waals surface area contributed by atoms with Gasteiger partial charge in [0.25, 0.3) is 0 Å². The fraction of sp³-hybridized carbons (Fsp3) is 0.611. The lowest BCUT2D eigenvalue weighted by Gasteiger charge is -2.39. The summed E-state index contributed by atoms with van der Waals surface area (Å²) < 4.78 is 7.36. The van der Waals surface area contributed by atoms with E-state index in [0.29, 0.717) is 22.8 Å². The van der Waals surface area contributed by atoms with Gasteiger partial charge < -0.3 is 4.74 Å². The zero-order valence-electron chi connectivity index (χ0n) is 14.6. The molecule has 0 saturated carbocycles. The molecule has 0 aromatic carbocycles. The van der Waals surface area contributed by atoms with Crippen molar-refractivity contribution >= 4 is 11.6 Å². The fourth-order valence-electron chi connectivity index (χ4n) is 3.98. The van der Waals surface area contributed by atoms with Gasteiger partial charge in [-0.05, 0) is 51.3 Å². The lowest BCUT2D eigenvalue weighted by atomic mass is 9.94. The first-order valence-electron chi connectivity index (χ1n) is 9.08. The van der Waals surface area contributed by atoms with Gasteiger partial charge in [-0.1, -0.05) is 11.6 Å². The minimum atomic E-state index is 0.357. The highest BCUT2D eigenvalue weighted by Gasteiger charge is 2.31. The highest BCUT2D eigenvalue weighted by atomic mass is 35.5. The van der Waals surface area contributed by atoms with Gasteiger partial charge in [0.15, 0.2) is 5.82 Å². The van der Waals surface area contributed by atoms with Crippen molar-refractivity contribution in [1.29, 1.82) is 0 Å². The molecule has 0 amide bonds. The molecule has 4 rings (SSSR count). The van der Waals surface area contributed by atoms with Crippen molar-refractivity contribution in [3.63, 3.8) is 0 Å². The van der Waals surface area contributed by atoms with E-state index < -0.39 is 0 Å². The molecular formula is C18H24ClN5O. The Morgan fingerprint density at radius 2 is 2.08 bits per heavy atom. The number of hydrogen-bond donors (Lipinski definition) is 0. The Bertz CT molecular complexity index is 728. The Hall–Kier alpha value is -1.50. The molecule has 2 fully saturated rings. The molecule has 2 saturated heterocycles. The summed E-state index contributed by atoms with van der Waals surface area (Å²) >= 11 is 6.35. The predicted molar refractivity (Wildman–Crippen MR) is 96.3 cm³/mol.